The van der Waals surface area contributed by atoms with Crippen LogP contribution in [0.4, 0.5) is 0 Å². The first-order valence-corrected chi connectivity index (χ1v) is 7.01. The average Bonchev–Trinajstić information content (AvgIpc) is 2.36. The molecule has 2 N–H and O–H groups in total. The molecule has 1 unspecified atom stereocenters. The number of rotatable bonds is 7. The van der Waals surface area contributed by atoms with Gasteiger partial charge in [-0.2, -0.15) is 0 Å². The molecule has 2 heteroatoms. The lowest BCUT2D eigenvalue weighted by molar-refractivity contribution is 0.0869. The fraction of sp³-hybridized carbons (Fsp3) is 0.625. The van der Waals surface area contributed by atoms with Crippen molar-refractivity contribution in [1.29, 1.82) is 0 Å². The van der Waals surface area contributed by atoms with Gasteiger partial charge in [0.15, 0.2) is 0 Å². The summed E-state index contributed by atoms with van der Waals surface area (Å²) < 4.78 is 0. The van der Waals surface area contributed by atoms with E-state index in [-0.39, 0.29) is 5.54 Å². The third-order valence-electron chi connectivity index (χ3n) is 3.65. The number of nitrogens with zero attached hydrogens (tertiary/aromatic N) is 1. The van der Waals surface area contributed by atoms with Crippen LogP contribution in [0.15, 0.2) is 30.3 Å². The van der Waals surface area contributed by atoms with Crippen LogP contribution >= 0.6 is 0 Å². The molecule has 1 aromatic carbocycles. The van der Waals surface area contributed by atoms with Crippen LogP contribution in [0.5, 0.6) is 0 Å². The summed E-state index contributed by atoms with van der Waals surface area (Å²) in [5, 5.41) is 0. The third-order valence-corrected chi connectivity index (χ3v) is 3.65. The molecule has 1 aromatic rings. The second-order valence-corrected chi connectivity index (χ2v) is 5.80. The van der Waals surface area contributed by atoms with Gasteiger partial charge in [0.25, 0.3) is 0 Å². The average molecular weight is 248 g/mol. The van der Waals surface area contributed by atoms with Crippen LogP contribution in [0.25, 0.3) is 0 Å². The lowest BCUT2D eigenvalue weighted by atomic mass is 9.88. The highest BCUT2D eigenvalue weighted by Crippen LogP contribution is 2.24. The van der Waals surface area contributed by atoms with Gasteiger partial charge in [-0.1, -0.05) is 51.1 Å². The topological polar surface area (TPSA) is 29.3 Å². The number of likely N-dealkylation sites (N-methyl/N-ethyl adjacent to an activating group) is 1. The van der Waals surface area contributed by atoms with E-state index in [1.165, 1.54) is 5.56 Å². The fourth-order valence-corrected chi connectivity index (χ4v) is 2.71. The van der Waals surface area contributed by atoms with Crippen molar-refractivity contribution in [1.82, 2.24) is 4.90 Å². The quantitative estimate of drug-likeness (QED) is 0.802. The Labute approximate surface area is 112 Å². The summed E-state index contributed by atoms with van der Waals surface area (Å²) in [6.45, 7) is 11.8. The molecule has 0 saturated heterocycles. The monoisotopic (exact) mass is 248 g/mol. The van der Waals surface area contributed by atoms with Gasteiger partial charge in [0.1, 0.15) is 0 Å². The second kappa shape index (κ2) is 6.91. The lowest BCUT2D eigenvalue weighted by Gasteiger charge is -2.41. The minimum Gasteiger partial charge on any atom is -0.329 e. The molecule has 0 radical (unpaired) electrons. The summed E-state index contributed by atoms with van der Waals surface area (Å²) in [4.78, 5) is 2.50. The van der Waals surface area contributed by atoms with Crippen LogP contribution < -0.4 is 5.73 Å². The molecule has 0 spiro atoms. The highest BCUT2D eigenvalue weighted by molar-refractivity contribution is 5.15. The van der Waals surface area contributed by atoms with Crippen molar-refractivity contribution >= 4 is 0 Å². The zero-order valence-corrected chi connectivity index (χ0v) is 12.3. The highest BCUT2D eigenvalue weighted by Gasteiger charge is 2.30. The summed E-state index contributed by atoms with van der Waals surface area (Å²) in [5.74, 6) is 0.670. The maximum Gasteiger partial charge on any atom is 0.0309 e. The Balaban J connectivity index is 2.80. The molecule has 0 amide bonds. The van der Waals surface area contributed by atoms with Gasteiger partial charge in [-0.05, 0) is 31.4 Å². The highest BCUT2D eigenvalue weighted by atomic mass is 15.2. The summed E-state index contributed by atoms with van der Waals surface area (Å²) in [5.41, 5.74) is 7.50. The van der Waals surface area contributed by atoms with Crippen LogP contribution in [0.2, 0.25) is 0 Å². The summed E-state index contributed by atoms with van der Waals surface area (Å²) in [6, 6.07) is 10.6. The minimum atomic E-state index is 0.0960. The Kier molecular flexibility index (Phi) is 5.83. The van der Waals surface area contributed by atoms with Gasteiger partial charge in [0.2, 0.25) is 0 Å². The SMILES string of the molecule is CCN(Cc1ccccc1)C(C)(CN)CC(C)C. The van der Waals surface area contributed by atoms with Crippen molar-refractivity contribution in [3.05, 3.63) is 35.9 Å². The molecular weight excluding hydrogens is 220 g/mol. The van der Waals surface area contributed by atoms with Crippen molar-refractivity contribution in [2.75, 3.05) is 13.1 Å². The molecule has 0 bridgehead atoms. The number of hydrogen-bond donors (Lipinski definition) is 1. The van der Waals surface area contributed by atoms with Crippen molar-refractivity contribution in [3.63, 3.8) is 0 Å². The molecule has 1 rings (SSSR count). The smallest absolute Gasteiger partial charge is 0.0309 e. The van der Waals surface area contributed by atoms with Crippen LogP contribution in [-0.4, -0.2) is 23.5 Å². The molecule has 0 heterocycles. The molecule has 0 saturated carbocycles. The summed E-state index contributed by atoms with van der Waals surface area (Å²) in [6.07, 6.45) is 1.14. The Morgan fingerprint density at radius 2 is 1.83 bits per heavy atom. The molecular formula is C16H28N2. The van der Waals surface area contributed by atoms with E-state index in [1.54, 1.807) is 0 Å². The molecule has 2 nitrogen and oxygen atoms in total. The van der Waals surface area contributed by atoms with Gasteiger partial charge in [-0.3, -0.25) is 4.90 Å². The number of benzene rings is 1. The number of nitrogens with two attached hydrogens (primary N) is 1. The van der Waals surface area contributed by atoms with Gasteiger partial charge in [-0.15, -0.1) is 0 Å². The molecule has 0 aromatic heterocycles. The van der Waals surface area contributed by atoms with Gasteiger partial charge in [0, 0.05) is 18.6 Å². The van der Waals surface area contributed by atoms with Crippen molar-refractivity contribution in [2.45, 2.75) is 46.2 Å². The maximum atomic E-state index is 6.04. The van der Waals surface area contributed by atoms with E-state index < -0.39 is 0 Å². The summed E-state index contributed by atoms with van der Waals surface area (Å²) >= 11 is 0. The maximum absolute atomic E-state index is 6.04. The molecule has 0 aliphatic heterocycles. The Bertz CT molecular complexity index is 334. The Hall–Kier alpha value is -0.860. The van der Waals surface area contributed by atoms with Crippen LogP contribution in [0.3, 0.4) is 0 Å². The van der Waals surface area contributed by atoms with Gasteiger partial charge in [-0.25, -0.2) is 0 Å². The zero-order chi connectivity index (χ0) is 13.6. The van der Waals surface area contributed by atoms with Crippen molar-refractivity contribution < 1.29 is 0 Å². The first-order valence-electron chi connectivity index (χ1n) is 7.01. The lowest BCUT2D eigenvalue weighted by Crippen LogP contribution is -2.51. The molecule has 102 valence electrons. The normalized spacial score (nSPS) is 15.1. The molecule has 0 fully saturated rings. The van der Waals surface area contributed by atoms with E-state index in [1.807, 2.05) is 0 Å². The van der Waals surface area contributed by atoms with Gasteiger partial charge in [0.05, 0.1) is 0 Å². The van der Waals surface area contributed by atoms with Gasteiger partial charge >= 0.3 is 0 Å². The van der Waals surface area contributed by atoms with E-state index in [0.717, 1.165) is 19.5 Å². The van der Waals surface area contributed by atoms with E-state index in [0.29, 0.717) is 12.5 Å². The molecule has 0 aliphatic rings. The zero-order valence-electron chi connectivity index (χ0n) is 12.3. The first-order chi connectivity index (χ1) is 8.51. The fourth-order valence-electron chi connectivity index (χ4n) is 2.71. The van der Waals surface area contributed by atoms with Gasteiger partial charge < -0.3 is 5.73 Å². The Morgan fingerprint density at radius 3 is 2.28 bits per heavy atom. The summed E-state index contributed by atoms with van der Waals surface area (Å²) in [7, 11) is 0. The van der Waals surface area contributed by atoms with E-state index in [2.05, 4.69) is 62.9 Å². The van der Waals surface area contributed by atoms with E-state index in [4.69, 9.17) is 5.73 Å². The third kappa shape index (κ3) is 4.11. The molecule has 0 aliphatic carbocycles. The standard InChI is InChI=1S/C16H28N2/c1-5-18(12-15-9-7-6-8-10-15)16(4,13-17)11-14(2)3/h6-10,14H,5,11-13,17H2,1-4H3. The van der Waals surface area contributed by atoms with Crippen LogP contribution in [0, 0.1) is 5.92 Å². The first kappa shape index (κ1) is 15.2. The Morgan fingerprint density at radius 1 is 1.22 bits per heavy atom. The van der Waals surface area contributed by atoms with Crippen molar-refractivity contribution in [2.24, 2.45) is 11.7 Å². The minimum absolute atomic E-state index is 0.0960. The molecule has 1 atom stereocenters. The van der Waals surface area contributed by atoms with Crippen LogP contribution in [0.1, 0.15) is 39.7 Å². The van der Waals surface area contributed by atoms with E-state index in [9.17, 15) is 0 Å². The largest absolute Gasteiger partial charge is 0.329 e. The predicted octanol–water partition coefficient (Wildman–Crippen LogP) is 3.27. The predicted molar refractivity (Wildman–Crippen MR) is 79.4 cm³/mol. The van der Waals surface area contributed by atoms with E-state index >= 15 is 0 Å². The van der Waals surface area contributed by atoms with Crippen molar-refractivity contribution in [3.8, 4) is 0 Å². The van der Waals surface area contributed by atoms with Crippen LogP contribution in [-0.2, 0) is 6.54 Å². The number of hydrogen-bond acceptors (Lipinski definition) is 2. The molecule has 18 heavy (non-hydrogen) atoms. The second-order valence-electron chi connectivity index (χ2n) is 5.80.